The summed E-state index contributed by atoms with van der Waals surface area (Å²) in [6, 6.07) is 8.32. The van der Waals surface area contributed by atoms with Gasteiger partial charge in [-0.3, -0.25) is 0 Å². The third-order valence-electron chi connectivity index (χ3n) is 3.06. The van der Waals surface area contributed by atoms with E-state index in [-0.39, 0.29) is 11.3 Å². The molecule has 2 aromatic carbocycles. The number of aryl methyl sites for hydroxylation is 2. The van der Waals surface area contributed by atoms with Crippen LogP contribution in [-0.2, 0) is 0 Å². The molecule has 0 aliphatic rings. The van der Waals surface area contributed by atoms with Gasteiger partial charge in [0.25, 0.3) is 0 Å². The minimum atomic E-state index is -1.04. The molecule has 0 unspecified atom stereocenters. The highest BCUT2D eigenvalue weighted by Crippen LogP contribution is 2.33. The second-order valence-corrected chi connectivity index (χ2v) is 5.43. The standard InChI is InChI=1S/C16H15BrO4/c1-9-6-12(7-10(2)15(9)17)21-14-8-11(20-3)4-5-13(14)16(18)19/h4-8H,1-3H3,(H,18,19). The largest absolute Gasteiger partial charge is 0.497 e. The number of hydrogen-bond donors (Lipinski definition) is 1. The first-order valence-corrected chi connectivity index (χ1v) is 7.07. The van der Waals surface area contributed by atoms with Crippen LogP contribution >= 0.6 is 15.9 Å². The number of carboxylic acids is 1. The number of hydrogen-bond acceptors (Lipinski definition) is 3. The predicted molar refractivity (Wildman–Crippen MR) is 83.6 cm³/mol. The smallest absolute Gasteiger partial charge is 0.339 e. The van der Waals surface area contributed by atoms with Crippen molar-refractivity contribution < 1.29 is 19.4 Å². The van der Waals surface area contributed by atoms with E-state index < -0.39 is 5.97 Å². The maximum Gasteiger partial charge on any atom is 0.339 e. The summed E-state index contributed by atoms with van der Waals surface area (Å²) in [6.07, 6.45) is 0. The highest BCUT2D eigenvalue weighted by Gasteiger charge is 2.14. The van der Waals surface area contributed by atoms with Crippen LogP contribution in [0.5, 0.6) is 17.2 Å². The molecule has 110 valence electrons. The first kappa shape index (κ1) is 15.4. The van der Waals surface area contributed by atoms with Gasteiger partial charge in [0.15, 0.2) is 0 Å². The van der Waals surface area contributed by atoms with Crippen molar-refractivity contribution in [3.63, 3.8) is 0 Å². The van der Waals surface area contributed by atoms with Gasteiger partial charge >= 0.3 is 5.97 Å². The van der Waals surface area contributed by atoms with Crippen LogP contribution in [0.1, 0.15) is 21.5 Å². The van der Waals surface area contributed by atoms with Crippen LogP contribution in [0.2, 0.25) is 0 Å². The van der Waals surface area contributed by atoms with E-state index in [9.17, 15) is 9.90 Å². The van der Waals surface area contributed by atoms with Gasteiger partial charge in [0, 0.05) is 10.5 Å². The van der Waals surface area contributed by atoms with Crippen LogP contribution in [0, 0.1) is 13.8 Å². The zero-order chi connectivity index (χ0) is 15.6. The zero-order valence-electron chi connectivity index (χ0n) is 11.9. The lowest BCUT2D eigenvalue weighted by Gasteiger charge is -2.12. The fourth-order valence-electron chi connectivity index (χ4n) is 1.98. The second kappa shape index (κ2) is 6.18. The molecule has 0 heterocycles. The van der Waals surface area contributed by atoms with Gasteiger partial charge in [0.05, 0.1) is 7.11 Å². The molecule has 0 bridgehead atoms. The monoisotopic (exact) mass is 350 g/mol. The van der Waals surface area contributed by atoms with Crippen molar-refractivity contribution in [2.24, 2.45) is 0 Å². The lowest BCUT2D eigenvalue weighted by molar-refractivity contribution is 0.0694. The highest BCUT2D eigenvalue weighted by atomic mass is 79.9. The molecule has 0 amide bonds. The van der Waals surface area contributed by atoms with Gasteiger partial charge in [-0.1, -0.05) is 15.9 Å². The quantitative estimate of drug-likeness (QED) is 0.877. The molecule has 5 heteroatoms. The van der Waals surface area contributed by atoms with Gasteiger partial charge in [-0.15, -0.1) is 0 Å². The SMILES string of the molecule is COc1ccc(C(=O)O)c(Oc2cc(C)c(Br)c(C)c2)c1. The lowest BCUT2D eigenvalue weighted by atomic mass is 10.1. The molecule has 0 saturated heterocycles. The molecule has 0 fully saturated rings. The van der Waals surface area contributed by atoms with Crippen molar-refractivity contribution in [3.8, 4) is 17.2 Å². The van der Waals surface area contributed by atoms with Gasteiger partial charge in [0.2, 0.25) is 0 Å². The summed E-state index contributed by atoms with van der Waals surface area (Å²) < 4.78 is 11.9. The van der Waals surface area contributed by atoms with E-state index in [0.717, 1.165) is 15.6 Å². The molecule has 0 atom stereocenters. The third kappa shape index (κ3) is 3.36. The van der Waals surface area contributed by atoms with Gasteiger partial charge in [-0.05, 0) is 49.2 Å². The number of benzene rings is 2. The Morgan fingerprint density at radius 2 is 1.71 bits per heavy atom. The van der Waals surface area contributed by atoms with E-state index in [2.05, 4.69) is 15.9 Å². The van der Waals surface area contributed by atoms with Crippen molar-refractivity contribution in [1.29, 1.82) is 0 Å². The molecule has 0 spiro atoms. The number of aromatic carboxylic acids is 1. The molecule has 0 radical (unpaired) electrons. The molecule has 2 rings (SSSR count). The summed E-state index contributed by atoms with van der Waals surface area (Å²) in [5.41, 5.74) is 2.13. The summed E-state index contributed by atoms with van der Waals surface area (Å²) >= 11 is 3.49. The van der Waals surface area contributed by atoms with E-state index in [1.54, 1.807) is 12.1 Å². The highest BCUT2D eigenvalue weighted by molar-refractivity contribution is 9.10. The maximum atomic E-state index is 11.3. The van der Waals surface area contributed by atoms with E-state index in [1.165, 1.54) is 13.2 Å². The van der Waals surface area contributed by atoms with E-state index in [4.69, 9.17) is 9.47 Å². The van der Waals surface area contributed by atoms with Crippen molar-refractivity contribution in [1.82, 2.24) is 0 Å². The molecule has 21 heavy (non-hydrogen) atoms. The molecule has 0 aromatic heterocycles. The average molecular weight is 351 g/mol. The molecule has 2 aromatic rings. The third-order valence-corrected chi connectivity index (χ3v) is 4.31. The van der Waals surface area contributed by atoms with E-state index >= 15 is 0 Å². The van der Waals surface area contributed by atoms with Crippen LogP contribution in [0.4, 0.5) is 0 Å². The minimum absolute atomic E-state index is 0.0917. The summed E-state index contributed by atoms with van der Waals surface area (Å²) in [5, 5.41) is 9.23. The molecule has 4 nitrogen and oxygen atoms in total. The van der Waals surface area contributed by atoms with Crippen LogP contribution in [0.3, 0.4) is 0 Å². The Hall–Kier alpha value is -2.01. The summed E-state index contributed by atoms with van der Waals surface area (Å²) in [5.74, 6) is 0.339. The predicted octanol–water partition coefficient (Wildman–Crippen LogP) is 4.57. The average Bonchev–Trinajstić information content (AvgIpc) is 2.44. The van der Waals surface area contributed by atoms with Crippen LogP contribution < -0.4 is 9.47 Å². The van der Waals surface area contributed by atoms with Crippen LogP contribution in [0.25, 0.3) is 0 Å². The Morgan fingerprint density at radius 1 is 1.10 bits per heavy atom. The first-order valence-electron chi connectivity index (χ1n) is 6.28. The van der Waals surface area contributed by atoms with Gasteiger partial charge < -0.3 is 14.6 Å². The zero-order valence-corrected chi connectivity index (χ0v) is 13.5. The second-order valence-electron chi connectivity index (χ2n) is 4.64. The molecule has 0 aliphatic heterocycles. The fraction of sp³-hybridized carbons (Fsp3) is 0.188. The number of rotatable bonds is 4. The van der Waals surface area contributed by atoms with Crippen molar-refractivity contribution >= 4 is 21.9 Å². The van der Waals surface area contributed by atoms with Gasteiger partial charge in [0.1, 0.15) is 22.8 Å². The molecule has 0 aliphatic carbocycles. The number of ether oxygens (including phenoxy) is 2. The Morgan fingerprint density at radius 3 is 2.24 bits per heavy atom. The van der Waals surface area contributed by atoms with Crippen LogP contribution in [0.15, 0.2) is 34.8 Å². The molecular formula is C16H15BrO4. The Labute approximate surface area is 131 Å². The van der Waals surface area contributed by atoms with Crippen LogP contribution in [-0.4, -0.2) is 18.2 Å². The molecular weight excluding hydrogens is 336 g/mol. The maximum absolute atomic E-state index is 11.3. The van der Waals surface area contributed by atoms with Crippen molar-refractivity contribution in [2.45, 2.75) is 13.8 Å². The number of carbonyl (C=O) groups is 1. The Kier molecular flexibility index (Phi) is 4.53. The normalized spacial score (nSPS) is 10.3. The first-order chi connectivity index (χ1) is 9.92. The fourth-order valence-corrected chi connectivity index (χ4v) is 2.21. The summed E-state index contributed by atoms with van der Waals surface area (Å²) in [4.78, 5) is 11.3. The Bertz CT molecular complexity index is 672. The Balaban J connectivity index is 2.45. The van der Waals surface area contributed by atoms with E-state index in [1.807, 2.05) is 26.0 Å². The van der Waals surface area contributed by atoms with Gasteiger partial charge in [-0.25, -0.2) is 4.79 Å². The molecule has 1 N–H and O–H groups in total. The number of halogens is 1. The minimum Gasteiger partial charge on any atom is -0.497 e. The lowest BCUT2D eigenvalue weighted by Crippen LogP contribution is -2.01. The summed E-state index contributed by atoms with van der Waals surface area (Å²) in [6.45, 7) is 3.90. The van der Waals surface area contributed by atoms with Crippen molar-refractivity contribution in [3.05, 3.63) is 51.5 Å². The topological polar surface area (TPSA) is 55.8 Å². The summed E-state index contributed by atoms with van der Waals surface area (Å²) in [7, 11) is 1.52. The van der Waals surface area contributed by atoms with E-state index in [0.29, 0.717) is 11.5 Å². The van der Waals surface area contributed by atoms with Gasteiger partial charge in [-0.2, -0.15) is 0 Å². The van der Waals surface area contributed by atoms with Crippen molar-refractivity contribution in [2.75, 3.05) is 7.11 Å². The number of carboxylic acid groups (broad SMARTS) is 1. The molecule has 0 saturated carbocycles. The number of methoxy groups -OCH3 is 1.